The first kappa shape index (κ1) is 18.0. The zero-order valence-corrected chi connectivity index (χ0v) is 12.6. The van der Waals surface area contributed by atoms with Gasteiger partial charge in [-0.2, -0.15) is 0 Å². The Kier molecular flexibility index (Phi) is 5.23. The summed E-state index contributed by atoms with van der Waals surface area (Å²) in [5, 5.41) is 34.9. The van der Waals surface area contributed by atoms with Crippen LogP contribution in [0.5, 0.6) is 0 Å². The van der Waals surface area contributed by atoms with Crippen molar-refractivity contribution in [1.82, 2.24) is 0 Å². The van der Waals surface area contributed by atoms with E-state index < -0.39 is 61.0 Å². The molecule has 23 heavy (non-hydrogen) atoms. The van der Waals surface area contributed by atoms with Gasteiger partial charge in [0.1, 0.15) is 12.2 Å². The molecule has 3 aliphatic rings. The molecule has 3 rings (SSSR count). The molecule has 0 spiro atoms. The number of rotatable bonds is 2. The minimum absolute atomic E-state index is 0.230. The van der Waals surface area contributed by atoms with E-state index in [1.54, 1.807) is 13.8 Å². The van der Waals surface area contributed by atoms with E-state index in [4.69, 9.17) is 34.6 Å². The van der Waals surface area contributed by atoms with E-state index in [1.807, 2.05) is 0 Å². The standard InChI is InChI=1S/C8H12O5.C5H8O5/c1-8(2)12-5-4(3-9)11-7(10)6(5)13-8;6-1-2-3(7)4(8)5(9)10-2/h4-6,9H,3H2,1-2H3;2-4,6-8H,1H2/t4-,5+,6?;2-,3+,4?/m11/s1. The number of aliphatic hydroxyl groups is 4. The van der Waals surface area contributed by atoms with Crippen molar-refractivity contribution in [2.75, 3.05) is 13.2 Å². The second-order valence-corrected chi connectivity index (χ2v) is 5.77. The largest absolute Gasteiger partial charge is 0.455 e. The maximum atomic E-state index is 11.2. The predicted molar refractivity (Wildman–Crippen MR) is 69.8 cm³/mol. The topological polar surface area (TPSA) is 152 Å². The molecule has 3 fully saturated rings. The van der Waals surface area contributed by atoms with Gasteiger partial charge in [0.15, 0.2) is 30.2 Å². The highest BCUT2D eigenvalue weighted by atomic mass is 16.8. The lowest BCUT2D eigenvalue weighted by Gasteiger charge is -2.20. The van der Waals surface area contributed by atoms with E-state index in [0.717, 1.165) is 0 Å². The highest BCUT2D eigenvalue weighted by Gasteiger charge is 2.55. The molecule has 0 bridgehead atoms. The van der Waals surface area contributed by atoms with Crippen LogP contribution in [0.1, 0.15) is 13.8 Å². The van der Waals surface area contributed by atoms with Crippen LogP contribution in [0.2, 0.25) is 0 Å². The molecule has 0 aromatic heterocycles. The van der Waals surface area contributed by atoms with Crippen molar-refractivity contribution < 1.29 is 49.0 Å². The summed E-state index contributed by atoms with van der Waals surface area (Å²) in [4.78, 5) is 21.6. The normalized spacial score (nSPS) is 41.0. The number of esters is 2. The lowest BCUT2D eigenvalue weighted by atomic mass is 10.1. The molecule has 6 atom stereocenters. The molecule has 0 aromatic rings. The van der Waals surface area contributed by atoms with Gasteiger partial charge in [0.2, 0.25) is 0 Å². The molecule has 10 nitrogen and oxygen atoms in total. The number of cyclic esters (lactones) is 2. The molecule has 3 aliphatic heterocycles. The third kappa shape index (κ3) is 3.62. The highest BCUT2D eigenvalue weighted by Crippen LogP contribution is 2.35. The average Bonchev–Trinajstić information content (AvgIpc) is 3.05. The summed E-state index contributed by atoms with van der Waals surface area (Å²) in [6.07, 6.45) is -5.49. The first-order valence-corrected chi connectivity index (χ1v) is 7.04. The summed E-state index contributed by atoms with van der Waals surface area (Å²) in [5.74, 6) is -2.09. The van der Waals surface area contributed by atoms with E-state index in [1.165, 1.54) is 0 Å². The number of fused-ring (bicyclic) bond motifs is 1. The lowest BCUT2D eigenvalue weighted by molar-refractivity contribution is -0.188. The van der Waals surface area contributed by atoms with E-state index in [0.29, 0.717) is 0 Å². The van der Waals surface area contributed by atoms with E-state index >= 15 is 0 Å². The third-order valence-corrected chi connectivity index (χ3v) is 3.57. The summed E-state index contributed by atoms with van der Waals surface area (Å²) in [6, 6.07) is 0. The number of ether oxygens (including phenoxy) is 4. The minimum atomic E-state index is -1.50. The van der Waals surface area contributed by atoms with Crippen LogP contribution >= 0.6 is 0 Å². The predicted octanol–water partition coefficient (Wildman–Crippen LogP) is -2.95. The van der Waals surface area contributed by atoms with E-state index in [9.17, 15) is 9.59 Å². The van der Waals surface area contributed by atoms with Crippen LogP contribution in [0.15, 0.2) is 0 Å². The van der Waals surface area contributed by atoms with E-state index in [-0.39, 0.29) is 6.61 Å². The number of hydrogen-bond acceptors (Lipinski definition) is 10. The lowest BCUT2D eigenvalue weighted by Crippen LogP contribution is -2.32. The quantitative estimate of drug-likeness (QED) is 0.385. The van der Waals surface area contributed by atoms with Crippen LogP contribution < -0.4 is 0 Å². The SMILES string of the molecule is CC1(C)OC2C(=O)O[C@H](CO)[C@@H]2O1.O=C1O[C@H](CO)[C@H](O)C1O. The molecule has 0 aliphatic carbocycles. The van der Waals surface area contributed by atoms with Crippen LogP contribution in [-0.4, -0.2) is 88.0 Å². The average molecular weight is 336 g/mol. The molecule has 0 saturated carbocycles. The van der Waals surface area contributed by atoms with E-state index in [2.05, 4.69) is 4.74 Å². The Labute approximate surface area is 131 Å². The highest BCUT2D eigenvalue weighted by molar-refractivity contribution is 5.78. The Morgan fingerprint density at radius 3 is 1.96 bits per heavy atom. The van der Waals surface area contributed by atoms with Crippen LogP contribution in [0, 0.1) is 0 Å². The fourth-order valence-corrected chi connectivity index (χ4v) is 2.44. The molecular formula is C13H20O10. The van der Waals surface area contributed by atoms with Crippen molar-refractivity contribution in [2.24, 2.45) is 0 Å². The molecule has 2 unspecified atom stereocenters. The van der Waals surface area contributed by atoms with Gasteiger partial charge in [0.05, 0.1) is 13.2 Å². The Morgan fingerprint density at radius 1 is 0.957 bits per heavy atom. The number of carbonyl (C=O) groups excluding carboxylic acids is 2. The Bertz CT molecular complexity index is 464. The van der Waals surface area contributed by atoms with Gasteiger partial charge in [0.25, 0.3) is 0 Å². The fourth-order valence-electron chi connectivity index (χ4n) is 2.44. The molecule has 3 heterocycles. The minimum Gasteiger partial charge on any atom is -0.455 e. The molecule has 0 amide bonds. The molecule has 132 valence electrons. The van der Waals surface area contributed by atoms with Crippen LogP contribution in [0.25, 0.3) is 0 Å². The summed E-state index contributed by atoms with van der Waals surface area (Å²) in [6.45, 7) is 2.76. The molecular weight excluding hydrogens is 316 g/mol. The van der Waals surface area contributed by atoms with Crippen molar-refractivity contribution in [3.05, 3.63) is 0 Å². The summed E-state index contributed by atoms with van der Waals surface area (Å²) < 4.78 is 19.9. The third-order valence-electron chi connectivity index (χ3n) is 3.57. The van der Waals surface area contributed by atoms with Gasteiger partial charge in [-0.25, -0.2) is 9.59 Å². The number of hydrogen-bond donors (Lipinski definition) is 4. The Morgan fingerprint density at radius 2 is 1.52 bits per heavy atom. The van der Waals surface area contributed by atoms with Crippen molar-refractivity contribution in [3.63, 3.8) is 0 Å². The number of aliphatic hydroxyl groups excluding tert-OH is 4. The second kappa shape index (κ2) is 6.67. The molecule has 10 heteroatoms. The van der Waals surface area contributed by atoms with Crippen LogP contribution in [0.3, 0.4) is 0 Å². The van der Waals surface area contributed by atoms with Crippen LogP contribution in [0.4, 0.5) is 0 Å². The van der Waals surface area contributed by atoms with Gasteiger partial charge >= 0.3 is 11.9 Å². The van der Waals surface area contributed by atoms with Crippen molar-refractivity contribution in [3.8, 4) is 0 Å². The van der Waals surface area contributed by atoms with Gasteiger partial charge < -0.3 is 39.4 Å². The first-order valence-electron chi connectivity index (χ1n) is 7.04. The monoisotopic (exact) mass is 336 g/mol. The smallest absolute Gasteiger partial charge is 0.338 e. The molecule has 0 radical (unpaired) electrons. The molecule has 0 aromatic carbocycles. The summed E-state index contributed by atoms with van der Waals surface area (Å²) in [7, 11) is 0. The Hall–Kier alpha value is -1.30. The van der Waals surface area contributed by atoms with Crippen molar-refractivity contribution >= 4 is 11.9 Å². The van der Waals surface area contributed by atoms with Gasteiger partial charge in [-0.1, -0.05) is 0 Å². The zero-order chi connectivity index (χ0) is 17.4. The van der Waals surface area contributed by atoms with Crippen LogP contribution in [-0.2, 0) is 28.5 Å². The van der Waals surface area contributed by atoms with Gasteiger partial charge in [-0.3, -0.25) is 0 Å². The summed E-state index contributed by atoms with van der Waals surface area (Å²) >= 11 is 0. The molecule has 4 N–H and O–H groups in total. The second-order valence-electron chi connectivity index (χ2n) is 5.77. The van der Waals surface area contributed by atoms with Gasteiger partial charge in [-0.05, 0) is 13.8 Å². The molecule has 3 saturated heterocycles. The van der Waals surface area contributed by atoms with Crippen molar-refractivity contribution in [2.45, 2.75) is 56.3 Å². The first-order chi connectivity index (χ1) is 10.7. The van der Waals surface area contributed by atoms with Gasteiger partial charge in [0, 0.05) is 0 Å². The maximum Gasteiger partial charge on any atom is 0.338 e. The van der Waals surface area contributed by atoms with Gasteiger partial charge in [-0.15, -0.1) is 0 Å². The zero-order valence-electron chi connectivity index (χ0n) is 12.6. The maximum absolute atomic E-state index is 11.2. The van der Waals surface area contributed by atoms with Crippen molar-refractivity contribution in [1.29, 1.82) is 0 Å². The summed E-state index contributed by atoms with van der Waals surface area (Å²) in [5.41, 5.74) is 0. The fraction of sp³-hybridized carbons (Fsp3) is 0.846. The number of carbonyl (C=O) groups is 2. The Balaban J connectivity index is 0.000000174.